The molecule has 0 aliphatic heterocycles. The summed E-state index contributed by atoms with van der Waals surface area (Å²) in [6.45, 7) is 11.4. The summed E-state index contributed by atoms with van der Waals surface area (Å²) in [5, 5.41) is 10.7. The molecule has 4 aromatic rings. The highest BCUT2D eigenvalue weighted by Gasteiger charge is 2.11. The second-order valence-electron chi connectivity index (χ2n) is 7.91. The summed E-state index contributed by atoms with van der Waals surface area (Å²) in [6.07, 6.45) is 0. The lowest BCUT2D eigenvalue weighted by Gasteiger charge is -2.12. The first-order valence-electron chi connectivity index (χ1n) is 12.0. The Morgan fingerprint density at radius 3 is 1.75 bits per heavy atom. The van der Waals surface area contributed by atoms with Gasteiger partial charge in [0.1, 0.15) is 17.2 Å². The quantitative estimate of drug-likeness (QED) is 0.306. The zero-order valence-electron chi connectivity index (χ0n) is 23.0. The molecule has 0 spiro atoms. The molecule has 4 rings (SSSR count). The highest BCUT2D eigenvalue weighted by atomic mass is 16.4. The summed E-state index contributed by atoms with van der Waals surface area (Å²) in [4.78, 5) is 26.8. The molecule has 0 fully saturated rings. The van der Waals surface area contributed by atoms with Crippen molar-refractivity contribution in [3.63, 3.8) is 0 Å². The first-order valence-corrected chi connectivity index (χ1v) is 12.0. The van der Waals surface area contributed by atoms with Crippen molar-refractivity contribution in [2.24, 2.45) is 0 Å². The Hall–Kier alpha value is -4.05. The van der Waals surface area contributed by atoms with Gasteiger partial charge in [0, 0.05) is 68.0 Å². The van der Waals surface area contributed by atoms with Crippen molar-refractivity contribution in [2.75, 3.05) is 38.0 Å². The maximum Gasteiger partial charge on any atom is 0.340 e. The average Bonchev–Trinajstić information content (AvgIpc) is 2.87. The number of rotatable bonds is 2. The molecule has 0 N–H and O–H groups in total. The van der Waals surface area contributed by atoms with Crippen LogP contribution in [0.3, 0.4) is 0 Å². The van der Waals surface area contributed by atoms with Gasteiger partial charge in [-0.1, -0.05) is 27.7 Å². The van der Waals surface area contributed by atoms with E-state index in [1.807, 2.05) is 96.0 Å². The Kier molecular flexibility index (Phi) is 11.4. The second-order valence-corrected chi connectivity index (χ2v) is 7.91. The molecule has 0 bridgehead atoms. The van der Waals surface area contributed by atoms with E-state index >= 15 is 0 Å². The van der Waals surface area contributed by atoms with Crippen LogP contribution in [-0.4, -0.2) is 28.2 Å². The maximum atomic E-state index is 11.6. The number of aryl methyl sites for hydroxylation is 1. The Morgan fingerprint density at radius 2 is 1.22 bits per heavy atom. The molecular formula is C29H37N3O4. The standard InChI is InChI=1S/C13H12N2O2.C12H13NO2.2C2H6/c1-8-11(7-14)10-5-4-9(15(2)3)6-12(10)17-13(8)16;1-8-6-9-4-5-10(13(2)3)7-11(9)15-12(8)14;2*1-2/h4-6H,1-3H3;4-7H,1-3H3;2*1-2H3. The van der Waals surface area contributed by atoms with E-state index in [2.05, 4.69) is 6.07 Å². The molecule has 0 radical (unpaired) electrons. The molecule has 0 atom stereocenters. The van der Waals surface area contributed by atoms with Crippen LogP contribution in [0.4, 0.5) is 11.4 Å². The van der Waals surface area contributed by atoms with Gasteiger partial charge in [-0.15, -0.1) is 0 Å². The van der Waals surface area contributed by atoms with Gasteiger partial charge in [-0.3, -0.25) is 0 Å². The van der Waals surface area contributed by atoms with Gasteiger partial charge in [-0.05, 0) is 44.2 Å². The van der Waals surface area contributed by atoms with Gasteiger partial charge in [0.15, 0.2) is 0 Å². The summed E-state index contributed by atoms with van der Waals surface area (Å²) < 4.78 is 10.4. The summed E-state index contributed by atoms with van der Waals surface area (Å²) in [5.74, 6) is 0. The van der Waals surface area contributed by atoms with Gasteiger partial charge in [0.2, 0.25) is 0 Å². The van der Waals surface area contributed by atoms with Crippen LogP contribution in [0.1, 0.15) is 44.4 Å². The highest BCUT2D eigenvalue weighted by molar-refractivity contribution is 5.86. The lowest BCUT2D eigenvalue weighted by atomic mass is 10.1. The van der Waals surface area contributed by atoms with Crippen molar-refractivity contribution in [1.29, 1.82) is 5.26 Å². The Morgan fingerprint density at radius 1 is 0.722 bits per heavy atom. The second kappa shape index (κ2) is 13.7. The number of nitriles is 1. The molecule has 2 heterocycles. The summed E-state index contributed by atoms with van der Waals surface area (Å²) in [5.41, 5.74) is 3.70. The van der Waals surface area contributed by atoms with E-state index in [0.29, 0.717) is 33.2 Å². The molecule has 2 aromatic carbocycles. The van der Waals surface area contributed by atoms with Crippen molar-refractivity contribution >= 4 is 33.3 Å². The third-order valence-electron chi connectivity index (χ3n) is 5.16. The van der Waals surface area contributed by atoms with Crippen molar-refractivity contribution in [3.05, 3.63) is 80.0 Å². The molecule has 0 aliphatic carbocycles. The van der Waals surface area contributed by atoms with Gasteiger partial charge in [0.25, 0.3) is 0 Å². The number of hydrogen-bond donors (Lipinski definition) is 0. The number of benzene rings is 2. The Balaban J connectivity index is 0.000000318. The predicted molar refractivity (Wildman–Crippen MR) is 151 cm³/mol. The highest BCUT2D eigenvalue weighted by Crippen LogP contribution is 2.24. The lowest BCUT2D eigenvalue weighted by molar-refractivity contribution is 0.554. The first-order chi connectivity index (χ1) is 17.1. The average molecular weight is 492 g/mol. The molecular weight excluding hydrogens is 454 g/mol. The number of nitrogens with zero attached hydrogens (tertiary/aromatic N) is 3. The van der Waals surface area contributed by atoms with Gasteiger partial charge < -0.3 is 18.6 Å². The maximum absolute atomic E-state index is 11.6. The van der Waals surface area contributed by atoms with Crippen molar-refractivity contribution < 1.29 is 8.83 Å². The normalized spacial score (nSPS) is 9.58. The Labute approximate surface area is 213 Å². The minimum absolute atomic E-state index is 0.265. The van der Waals surface area contributed by atoms with Crippen LogP contribution in [0.2, 0.25) is 0 Å². The molecule has 36 heavy (non-hydrogen) atoms. The van der Waals surface area contributed by atoms with E-state index in [4.69, 9.17) is 14.1 Å². The smallest absolute Gasteiger partial charge is 0.340 e. The summed E-state index contributed by atoms with van der Waals surface area (Å²) in [6, 6.07) is 15.2. The molecule has 7 heteroatoms. The molecule has 0 saturated carbocycles. The number of hydrogen-bond acceptors (Lipinski definition) is 7. The lowest BCUT2D eigenvalue weighted by Crippen LogP contribution is -2.10. The molecule has 7 nitrogen and oxygen atoms in total. The fraction of sp³-hybridized carbons (Fsp3) is 0.345. The monoisotopic (exact) mass is 491 g/mol. The van der Waals surface area contributed by atoms with E-state index < -0.39 is 5.63 Å². The van der Waals surface area contributed by atoms with Crippen LogP contribution in [0.15, 0.2) is 60.9 Å². The molecule has 192 valence electrons. The third kappa shape index (κ3) is 6.98. The van der Waals surface area contributed by atoms with Gasteiger partial charge in [-0.2, -0.15) is 5.26 Å². The topological polar surface area (TPSA) is 90.7 Å². The zero-order chi connectivity index (χ0) is 27.6. The van der Waals surface area contributed by atoms with Gasteiger partial charge >= 0.3 is 11.3 Å². The number of anilines is 2. The third-order valence-corrected chi connectivity index (χ3v) is 5.16. The zero-order valence-corrected chi connectivity index (χ0v) is 23.0. The molecule has 0 aliphatic rings. The van der Waals surface area contributed by atoms with Crippen LogP contribution in [-0.2, 0) is 0 Å². The minimum atomic E-state index is -0.454. The minimum Gasteiger partial charge on any atom is -0.422 e. The summed E-state index contributed by atoms with van der Waals surface area (Å²) in [7, 11) is 7.71. The van der Waals surface area contributed by atoms with E-state index in [1.54, 1.807) is 26.0 Å². The van der Waals surface area contributed by atoms with Gasteiger partial charge in [0.05, 0.1) is 11.1 Å². The fourth-order valence-electron chi connectivity index (χ4n) is 3.19. The fourth-order valence-corrected chi connectivity index (χ4v) is 3.19. The molecule has 0 saturated heterocycles. The predicted octanol–water partition coefficient (Wildman–Crippen LogP) is 6.26. The van der Waals surface area contributed by atoms with Crippen molar-refractivity contribution in [2.45, 2.75) is 41.5 Å². The molecule has 0 unspecified atom stereocenters. The van der Waals surface area contributed by atoms with Crippen LogP contribution in [0.5, 0.6) is 0 Å². The summed E-state index contributed by atoms with van der Waals surface area (Å²) >= 11 is 0. The molecule has 2 aromatic heterocycles. The van der Waals surface area contributed by atoms with Crippen molar-refractivity contribution in [1.82, 2.24) is 0 Å². The largest absolute Gasteiger partial charge is 0.422 e. The molecule has 0 amide bonds. The van der Waals surface area contributed by atoms with Crippen LogP contribution in [0, 0.1) is 25.2 Å². The van der Waals surface area contributed by atoms with E-state index in [0.717, 1.165) is 16.8 Å². The number of fused-ring (bicyclic) bond motifs is 2. The van der Waals surface area contributed by atoms with Crippen molar-refractivity contribution in [3.8, 4) is 6.07 Å². The SMILES string of the molecule is CC.CC.Cc1c(C#N)c2ccc(N(C)C)cc2oc1=O.Cc1cc2ccc(N(C)C)cc2oc1=O. The first kappa shape index (κ1) is 30.0. The van der Waals surface area contributed by atoms with Crippen LogP contribution in [0.25, 0.3) is 21.9 Å². The van der Waals surface area contributed by atoms with Gasteiger partial charge in [-0.25, -0.2) is 9.59 Å². The van der Waals surface area contributed by atoms with E-state index in [-0.39, 0.29) is 5.63 Å². The Bertz CT molecular complexity index is 1460. The van der Waals surface area contributed by atoms with E-state index in [1.165, 1.54) is 0 Å². The van der Waals surface area contributed by atoms with E-state index in [9.17, 15) is 9.59 Å². The van der Waals surface area contributed by atoms with Crippen LogP contribution < -0.4 is 21.1 Å². The van der Waals surface area contributed by atoms with Crippen LogP contribution >= 0.6 is 0 Å².